The third kappa shape index (κ3) is 6.36. The maximum Gasteiger partial charge on any atom is 0.408 e. The van der Waals surface area contributed by atoms with E-state index < -0.39 is 29.2 Å². The smallest absolute Gasteiger partial charge is 0.408 e. The molecular formula is C18H27N3O5. The molecule has 3 N–H and O–H groups in total. The summed E-state index contributed by atoms with van der Waals surface area (Å²) in [5.74, 6) is -1.31. The first-order chi connectivity index (χ1) is 12.0. The van der Waals surface area contributed by atoms with Gasteiger partial charge in [-0.15, -0.1) is 0 Å². The zero-order valence-corrected chi connectivity index (χ0v) is 15.9. The second-order valence-corrected chi connectivity index (χ2v) is 6.96. The molecule has 26 heavy (non-hydrogen) atoms. The lowest BCUT2D eigenvalue weighted by molar-refractivity contribution is -0.161. The minimum absolute atomic E-state index is 0.0811. The molecule has 0 radical (unpaired) electrons. The van der Waals surface area contributed by atoms with E-state index >= 15 is 0 Å². The van der Waals surface area contributed by atoms with Gasteiger partial charge in [0.05, 0.1) is 7.11 Å². The Labute approximate surface area is 153 Å². The van der Waals surface area contributed by atoms with E-state index in [0.717, 1.165) is 10.5 Å². The highest BCUT2D eigenvalue weighted by Crippen LogP contribution is 2.16. The number of carbonyl (C=O) groups is 3. The zero-order valence-electron chi connectivity index (χ0n) is 15.9. The fraction of sp³-hybridized carbons (Fsp3) is 0.500. The first kappa shape index (κ1) is 21.4. The summed E-state index contributed by atoms with van der Waals surface area (Å²) in [6.45, 7) is 6.23. The van der Waals surface area contributed by atoms with Crippen molar-refractivity contribution in [2.24, 2.45) is 5.73 Å². The van der Waals surface area contributed by atoms with Crippen molar-refractivity contribution in [2.45, 2.75) is 45.5 Å². The first-order valence-electron chi connectivity index (χ1n) is 8.16. The summed E-state index contributed by atoms with van der Waals surface area (Å²) in [5, 5.41) is 2.37. The summed E-state index contributed by atoms with van der Waals surface area (Å²) in [6, 6.07) is 9.05. The number of nitrogens with two attached hydrogens (primary N) is 1. The minimum atomic E-state index is -1.70. The number of ether oxygens (including phenoxy) is 2. The van der Waals surface area contributed by atoms with Crippen LogP contribution in [0.1, 0.15) is 33.3 Å². The highest BCUT2D eigenvalue weighted by atomic mass is 16.6. The SMILES string of the molecule is COC(=O)[C@@](C)(N)N(Cc1ccccc1)C(=O)CNC(=O)OC(C)(C)C. The Kier molecular flexibility index (Phi) is 7.14. The Hall–Kier alpha value is -2.61. The molecule has 0 heterocycles. The van der Waals surface area contributed by atoms with Crippen LogP contribution >= 0.6 is 0 Å². The van der Waals surface area contributed by atoms with Gasteiger partial charge in [-0.1, -0.05) is 30.3 Å². The molecule has 1 aromatic carbocycles. The van der Waals surface area contributed by atoms with Crippen LogP contribution in [-0.4, -0.2) is 47.8 Å². The summed E-state index contributed by atoms with van der Waals surface area (Å²) < 4.78 is 9.80. The molecule has 0 aliphatic carbocycles. The molecule has 0 aromatic heterocycles. The van der Waals surface area contributed by atoms with Crippen LogP contribution in [0.5, 0.6) is 0 Å². The number of benzene rings is 1. The minimum Gasteiger partial charge on any atom is -0.466 e. The number of hydrogen-bond acceptors (Lipinski definition) is 6. The second kappa shape index (κ2) is 8.66. The summed E-state index contributed by atoms with van der Waals surface area (Å²) in [7, 11) is 1.19. The molecule has 2 amide bonds. The number of alkyl carbamates (subject to hydrolysis) is 1. The summed E-state index contributed by atoms with van der Waals surface area (Å²) in [5.41, 5.74) is 4.45. The Morgan fingerprint density at radius 3 is 2.19 bits per heavy atom. The van der Waals surface area contributed by atoms with E-state index in [1.54, 1.807) is 32.9 Å². The van der Waals surface area contributed by atoms with Crippen LogP contribution in [0, 0.1) is 0 Å². The van der Waals surface area contributed by atoms with Gasteiger partial charge < -0.3 is 19.7 Å². The van der Waals surface area contributed by atoms with Gasteiger partial charge in [-0.05, 0) is 33.3 Å². The van der Waals surface area contributed by atoms with Crippen molar-refractivity contribution in [3.05, 3.63) is 35.9 Å². The third-order valence-electron chi connectivity index (χ3n) is 3.43. The van der Waals surface area contributed by atoms with Crippen molar-refractivity contribution >= 4 is 18.0 Å². The Bertz CT molecular complexity index is 638. The molecule has 8 heteroatoms. The van der Waals surface area contributed by atoms with Gasteiger partial charge >= 0.3 is 12.1 Å². The molecule has 1 atom stereocenters. The predicted molar refractivity (Wildman–Crippen MR) is 95.8 cm³/mol. The van der Waals surface area contributed by atoms with Crippen molar-refractivity contribution in [3.8, 4) is 0 Å². The van der Waals surface area contributed by atoms with Crippen molar-refractivity contribution in [2.75, 3.05) is 13.7 Å². The average Bonchev–Trinajstić information content (AvgIpc) is 2.56. The number of methoxy groups -OCH3 is 1. The zero-order chi connectivity index (χ0) is 20.0. The normalized spacial score (nSPS) is 13.3. The molecule has 0 saturated heterocycles. The van der Waals surface area contributed by atoms with E-state index in [1.165, 1.54) is 14.0 Å². The van der Waals surface area contributed by atoms with E-state index in [2.05, 4.69) is 5.32 Å². The molecule has 144 valence electrons. The highest BCUT2D eigenvalue weighted by molar-refractivity contribution is 5.89. The molecule has 8 nitrogen and oxygen atoms in total. The molecule has 0 aliphatic rings. The van der Waals surface area contributed by atoms with Crippen molar-refractivity contribution in [1.29, 1.82) is 0 Å². The molecule has 1 rings (SSSR count). The van der Waals surface area contributed by atoms with Gasteiger partial charge in [0.15, 0.2) is 5.66 Å². The molecule has 0 spiro atoms. The van der Waals surface area contributed by atoms with Gasteiger partial charge in [0.2, 0.25) is 5.91 Å². The van der Waals surface area contributed by atoms with Crippen LogP contribution in [0.3, 0.4) is 0 Å². The van der Waals surface area contributed by atoms with Crippen molar-refractivity contribution < 1.29 is 23.9 Å². The van der Waals surface area contributed by atoms with Crippen molar-refractivity contribution in [1.82, 2.24) is 10.2 Å². The van der Waals surface area contributed by atoms with E-state index in [9.17, 15) is 14.4 Å². The number of nitrogens with zero attached hydrogens (tertiary/aromatic N) is 1. The lowest BCUT2D eigenvalue weighted by Gasteiger charge is -2.36. The van der Waals surface area contributed by atoms with E-state index in [4.69, 9.17) is 15.2 Å². The second-order valence-electron chi connectivity index (χ2n) is 6.96. The molecule has 0 saturated carbocycles. The van der Waals surface area contributed by atoms with E-state index in [1.807, 2.05) is 18.2 Å². The third-order valence-corrected chi connectivity index (χ3v) is 3.43. The number of hydrogen-bond donors (Lipinski definition) is 2. The van der Waals surface area contributed by atoms with Crippen LogP contribution in [-0.2, 0) is 25.6 Å². The quantitative estimate of drug-likeness (QED) is 0.582. The predicted octanol–water partition coefficient (Wildman–Crippen LogP) is 1.39. The van der Waals surface area contributed by atoms with Gasteiger partial charge in [0.25, 0.3) is 0 Å². The van der Waals surface area contributed by atoms with Crippen molar-refractivity contribution in [3.63, 3.8) is 0 Å². The van der Waals surface area contributed by atoms with Crippen LogP contribution in [0.25, 0.3) is 0 Å². The van der Waals surface area contributed by atoms with Gasteiger partial charge in [0, 0.05) is 6.54 Å². The lowest BCUT2D eigenvalue weighted by atomic mass is 10.1. The highest BCUT2D eigenvalue weighted by Gasteiger charge is 2.39. The van der Waals surface area contributed by atoms with Crippen LogP contribution in [0.15, 0.2) is 30.3 Å². The Morgan fingerprint density at radius 1 is 1.12 bits per heavy atom. The fourth-order valence-electron chi connectivity index (χ4n) is 2.15. The van der Waals surface area contributed by atoms with E-state index in [0.29, 0.717) is 0 Å². The summed E-state index contributed by atoms with van der Waals surface area (Å²) in [6.07, 6.45) is -0.734. The Morgan fingerprint density at radius 2 is 1.69 bits per heavy atom. The standard InChI is InChI=1S/C18H27N3O5/c1-17(2,3)26-16(24)20-11-14(22)21(18(4,19)15(23)25-5)12-13-9-7-6-8-10-13/h6-10H,11-12,19H2,1-5H3,(H,20,24)/t18-/m0/s1. The van der Waals surface area contributed by atoms with Crippen LogP contribution in [0.2, 0.25) is 0 Å². The largest absolute Gasteiger partial charge is 0.466 e. The van der Waals surface area contributed by atoms with Crippen LogP contribution < -0.4 is 11.1 Å². The molecule has 0 aliphatic heterocycles. The van der Waals surface area contributed by atoms with Gasteiger partial charge in [-0.2, -0.15) is 0 Å². The maximum atomic E-state index is 12.7. The number of nitrogens with one attached hydrogen (secondary N) is 1. The monoisotopic (exact) mass is 365 g/mol. The molecule has 1 aromatic rings. The Balaban J connectivity index is 2.92. The molecule has 0 unspecified atom stereocenters. The number of rotatable bonds is 6. The average molecular weight is 365 g/mol. The molecular weight excluding hydrogens is 338 g/mol. The maximum absolute atomic E-state index is 12.7. The topological polar surface area (TPSA) is 111 Å². The number of esters is 1. The van der Waals surface area contributed by atoms with Crippen LogP contribution in [0.4, 0.5) is 4.79 Å². The molecule has 0 bridgehead atoms. The molecule has 0 fully saturated rings. The van der Waals surface area contributed by atoms with Gasteiger partial charge in [0.1, 0.15) is 12.1 Å². The lowest BCUT2D eigenvalue weighted by Crippen LogP contribution is -2.62. The van der Waals surface area contributed by atoms with Gasteiger partial charge in [-0.25, -0.2) is 9.59 Å². The van der Waals surface area contributed by atoms with E-state index in [-0.39, 0.29) is 13.1 Å². The number of carbonyl (C=O) groups excluding carboxylic acids is 3. The fourth-order valence-corrected chi connectivity index (χ4v) is 2.15. The summed E-state index contributed by atoms with van der Waals surface area (Å²) in [4.78, 5) is 37.6. The first-order valence-corrected chi connectivity index (χ1v) is 8.16. The van der Waals surface area contributed by atoms with Gasteiger partial charge in [-0.3, -0.25) is 10.5 Å². The number of amides is 2. The summed E-state index contributed by atoms with van der Waals surface area (Å²) >= 11 is 0.